The third-order valence-corrected chi connectivity index (χ3v) is 7.26. The average molecular weight is 554 g/mol. The standard InChI is InChI=1S/C33H35N3O5/c1-32(2,3)40-30(38)35-18-24(21-13-7-8-15-26(21)35)27-25(19-36(29(27)37)31(39)41-33(4,5)6)23-17-34-16-10-12-20-11-9-14-22(23)28(20)34/h7-9,11,13-15,17-19,37H,10,12,16H2,1-6H3. The maximum Gasteiger partial charge on any atom is 0.421 e. The molecule has 2 aromatic carbocycles. The van der Waals surface area contributed by atoms with E-state index in [1.165, 1.54) is 15.6 Å². The van der Waals surface area contributed by atoms with Crippen LogP contribution in [0, 0.1) is 0 Å². The molecule has 212 valence electrons. The Kier molecular flexibility index (Phi) is 6.06. The van der Waals surface area contributed by atoms with Crippen LogP contribution in [0.5, 0.6) is 5.88 Å². The van der Waals surface area contributed by atoms with Crippen LogP contribution < -0.4 is 0 Å². The predicted octanol–water partition coefficient (Wildman–Crippen LogP) is 7.95. The summed E-state index contributed by atoms with van der Waals surface area (Å²) in [6.07, 6.45) is 6.24. The summed E-state index contributed by atoms with van der Waals surface area (Å²) in [5.41, 5.74) is 4.24. The van der Waals surface area contributed by atoms with Gasteiger partial charge in [0, 0.05) is 52.6 Å². The quantitative estimate of drug-likeness (QED) is 0.240. The van der Waals surface area contributed by atoms with Crippen molar-refractivity contribution in [3.8, 4) is 28.1 Å². The number of carbonyl (C=O) groups is 2. The van der Waals surface area contributed by atoms with E-state index in [9.17, 15) is 14.7 Å². The van der Waals surface area contributed by atoms with Crippen molar-refractivity contribution >= 4 is 34.0 Å². The molecule has 0 unspecified atom stereocenters. The molecule has 0 atom stereocenters. The van der Waals surface area contributed by atoms with Crippen LogP contribution in [0.3, 0.4) is 0 Å². The maximum atomic E-state index is 13.3. The number of aromatic hydroxyl groups is 1. The number of aromatic nitrogens is 3. The Bertz CT molecular complexity index is 1840. The number of aryl methyl sites for hydroxylation is 2. The lowest BCUT2D eigenvalue weighted by molar-refractivity contribution is 0.0520. The molecule has 0 aliphatic carbocycles. The highest BCUT2D eigenvalue weighted by molar-refractivity contribution is 6.09. The molecule has 0 bridgehead atoms. The average Bonchev–Trinajstić information content (AvgIpc) is 3.55. The van der Waals surface area contributed by atoms with Crippen molar-refractivity contribution in [3.05, 3.63) is 66.6 Å². The van der Waals surface area contributed by atoms with Gasteiger partial charge in [-0.05, 0) is 66.0 Å². The Balaban J connectivity index is 1.63. The summed E-state index contributed by atoms with van der Waals surface area (Å²) in [6.45, 7) is 11.7. The number of benzene rings is 2. The zero-order chi connectivity index (χ0) is 29.3. The number of rotatable bonds is 2. The van der Waals surface area contributed by atoms with Crippen molar-refractivity contribution in [2.75, 3.05) is 0 Å². The van der Waals surface area contributed by atoms with Gasteiger partial charge in [0.2, 0.25) is 5.88 Å². The molecule has 1 aliphatic rings. The molecule has 0 fully saturated rings. The van der Waals surface area contributed by atoms with Gasteiger partial charge in [-0.25, -0.2) is 14.2 Å². The molecule has 0 radical (unpaired) electrons. The highest BCUT2D eigenvalue weighted by atomic mass is 16.6. The van der Waals surface area contributed by atoms with Gasteiger partial charge in [0.15, 0.2) is 0 Å². The Morgan fingerprint density at radius 1 is 0.756 bits per heavy atom. The minimum Gasteiger partial charge on any atom is -0.494 e. The van der Waals surface area contributed by atoms with Crippen molar-refractivity contribution in [1.82, 2.24) is 13.7 Å². The van der Waals surface area contributed by atoms with Crippen molar-refractivity contribution in [2.24, 2.45) is 0 Å². The second kappa shape index (κ2) is 9.29. The van der Waals surface area contributed by atoms with Gasteiger partial charge in [0.05, 0.1) is 16.6 Å². The third kappa shape index (κ3) is 4.67. The molecule has 5 aromatic rings. The Morgan fingerprint density at radius 2 is 1.39 bits per heavy atom. The van der Waals surface area contributed by atoms with E-state index in [1.54, 1.807) is 33.2 Å². The molecule has 3 aromatic heterocycles. The van der Waals surface area contributed by atoms with E-state index in [0.717, 1.165) is 40.3 Å². The summed E-state index contributed by atoms with van der Waals surface area (Å²) in [7, 11) is 0. The second-order valence-electron chi connectivity index (χ2n) is 12.7. The molecule has 0 saturated carbocycles. The van der Waals surface area contributed by atoms with Crippen LogP contribution in [-0.4, -0.2) is 42.2 Å². The smallest absolute Gasteiger partial charge is 0.421 e. The van der Waals surface area contributed by atoms with Crippen LogP contribution in [-0.2, 0) is 22.4 Å². The number of para-hydroxylation sites is 2. The second-order valence-corrected chi connectivity index (χ2v) is 12.7. The van der Waals surface area contributed by atoms with E-state index in [1.807, 2.05) is 45.0 Å². The van der Waals surface area contributed by atoms with Crippen LogP contribution >= 0.6 is 0 Å². The first-order valence-electron chi connectivity index (χ1n) is 13.9. The molecular weight excluding hydrogens is 518 g/mol. The van der Waals surface area contributed by atoms with Gasteiger partial charge < -0.3 is 19.1 Å². The summed E-state index contributed by atoms with van der Waals surface area (Å²) in [4.78, 5) is 26.6. The summed E-state index contributed by atoms with van der Waals surface area (Å²) in [5, 5.41) is 13.5. The summed E-state index contributed by atoms with van der Waals surface area (Å²) >= 11 is 0. The van der Waals surface area contributed by atoms with Crippen LogP contribution in [0.2, 0.25) is 0 Å². The van der Waals surface area contributed by atoms with Gasteiger partial charge in [-0.3, -0.25) is 4.57 Å². The van der Waals surface area contributed by atoms with Crippen LogP contribution in [0.25, 0.3) is 44.1 Å². The first-order chi connectivity index (χ1) is 19.3. The molecule has 0 amide bonds. The molecule has 6 rings (SSSR count). The fourth-order valence-electron chi connectivity index (χ4n) is 5.73. The first kappa shape index (κ1) is 26.7. The SMILES string of the molecule is CC(C)(C)OC(=O)n1cc(-c2cn3c4c(cccc24)CCC3)c(-c2cn(C(=O)OC(C)(C)C)c3ccccc23)c1O. The minimum absolute atomic E-state index is 0.256. The van der Waals surface area contributed by atoms with Crippen molar-refractivity contribution in [1.29, 1.82) is 0 Å². The molecule has 8 heteroatoms. The lowest BCUT2D eigenvalue weighted by atomic mass is 9.96. The van der Waals surface area contributed by atoms with Crippen molar-refractivity contribution in [3.63, 3.8) is 0 Å². The molecular formula is C33H35N3O5. The summed E-state index contributed by atoms with van der Waals surface area (Å²) in [5.74, 6) is -0.256. The largest absolute Gasteiger partial charge is 0.494 e. The molecule has 0 spiro atoms. The highest BCUT2D eigenvalue weighted by Crippen LogP contribution is 2.47. The molecule has 1 aliphatic heterocycles. The monoisotopic (exact) mass is 553 g/mol. The molecule has 41 heavy (non-hydrogen) atoms. The van der Waals surface area contributed by atoms with Gasteiger partial charge in [-0.15, -0.1) is 0 Å². The molecule has 0 saturated heterocycles. The number of carbonyl (C=O) groups excluding carboxylic acids is 2. The van der Waals surface area contributed by atoms with Gasteiger partial charge >= 0.3 is 12.2 Å². The number of hydrogen-bond acceptors (Lipinski definition) is 5. The number of hydrogen-bond donors (Lipinski definition) is 1. The van der Waals surface area contributed by atoms with Crippen LogP contribution in [0.1, 0.15) is 53.5 Å². The maximum absolute atomic E-state index is 13.3. The topological polar surface area (TPSA) is 87.6 Å². The summed E-state index contributed by atoms with van der Waals surface area (Å²) in [6, 6.07) is 13.7. The van der Waals surface area contributed by atoms with Gasteiger partial charge in [0.25, 0.3) is 0 Å². The van der Waals surface area contributed by atoms with E-state index >= 15 is 0 Å². The van der Waals surface area contributed by atoms with Gasteiger partial charge in [0.1, 0.15) is 11.2 Å². The van der Waals surface area contributed by atoms with Crippen molar-refractivity contribution in [2.45, 2.75) is 72.1 Å². The lowest BCUT2D eigenvalue weighted by Crippen LogP contribution is -2.26. The normalized spacial score (nSPS) is 13.6. The molecule has 1 N–H and O–H groups in total. The Morgan fingerprint density at radius 3 is 2.10 bits per heavy atom. The number of nitrogens with zero attached hydrogens (tertiary/aromatic N) is 3. The Hall–Kier alpha value is -4.46. The summed E-state index contributed by atoms with van der Waals surface area (Å²) < 4.78 is 16.2. The fourth-order valence-corrected chi connectivity index (χ4v) is 5.73. The van der Waals surface area contributed by atoms with E-state index in [2.05, 4.69) is 29.0 Å². The molecule has 8 nitrogen and oxygen atoms in total. The van der Waals surface area contributed by atoms with E-state index in [4.69, 9.17) is 9.47 Å². The van der Waals surface area contributed by atoms with Crippen LogP contribution in [0.4, 0.5) is 9.59 Å². The third-order valence-electron chi connectivity index (χ3n) is 7.26. The zero-order valence-corrected chi connectivity index (χ0v) is 24.3. The lowest BCUT2D eigenvalue weighted by Gasteiger charge is -2.19. The first-order valence-corrected chi connectivity index (χ1v) is 13.9. The van der Waals surface area contributed by atoms with E-state index in [0.29, 0.717) is 22.2 Å². The fraction of sp³-hybridized carbons (Fsp3) is 0.333. The Labute approximate surface area is 238 Å². The van der Waals surface area contributed by atoms with Crippen molar-refractivity contribution < 1.29 is 24.2 Å². The van der Waals surface area contributed by atoms with E-state index in [-0.39, 0.29) is 5.88 Å². The predicted molar refractivity (Wildman–Crippen MR) is 160 cm³/mol. The minimum atomic E-state index is -0.759. The highest BCUT2D eigenvalue weighted by Gasteiger charge is 2.30. The zero-order valence-electron chi connectivity index (χ0n) is 24.3. The van der Waals surface area contributed by atoms with E-state index < -0.39 is 23.4 Å². The molecule has 4 heterocycles. The number of ether oxygens (including phenoxy) is 2. The van der Waals surface area contributed by atoms with Crippen LogP contribution in [0.15, 0.2) is 61.1 Å². The van der Waals surface area contributed by atoms with Gasteiger partial charge in [-0.2, -0.15) is 0 Å². The number of fused-ring (bicyclic) bond motifs is 1. The van der Waals surface area contributed by atoms with Gasteiger partial charge in [-0.1, -0.05) is 36.4 Å².